The van der Waals surface area contributed by atoms with Gasteiger partial charge in [-0.25, -0.2) is 0 Å². The smallest absolute Gasteiger partial charge is 0.223 e. The van der Waals surface area contributed by atoms with Crippen LogP contribution in [0, 0.1) is 5.41 Å². The zero-order valence-corrected chi connectivity index (χ0v) is 10.5. The first-order valence-electron chi connectivity index (χ1n) is 6.01. The summed E-state index contributed by atoms with van der Waals surface area (Å²) in [4.78, 5) is 13.1. The van der Waals surface area contributed by atoms with E-state index in [-0.39, 0.29) is 11.3 Å². The Labute approximate surface area is 103 Å². The predicted octanol–water partition coefficient (Wildman–Crippen LogP) is 3.17. The monoisotopic (exact) mass is 229 g/mol. The molecule has 1 saturated carbocycles. The van der Waals surface area contributed by atoms with Crippen molar-refractivity contribution in [2.24, 2.45) is 5.41 Å². The zero-order valence-electron chi connectivity index (χ0n) is 10.5. The minimum Gasteiger partial charge on any atom is -0.319 e. The summed E-state index contributed by atoms with van der Waals surface area (Å²) in [6.07, 6.45) is 2.78. The molecule has 1 aliphatic carbocycles. The lowest BCUT2D eigenvalue weighted by Gasteiger charge is -2.21. The second kappa shape index (κ2) is 4.36. The van der Waals surface area contributed by atoms with Crippen LogP contribution in [0.4, 0.5) is 0 Å². The van der Waals surface area contributed by atoms with Crippen LogP contribution in [-0.2, 0) is 4.79 Å². The summed E-state index contributed by atoms with van der Waals surface area (Å²) < 4.78 is 0. The van der Waals surface area contributed by atoms with Crippen molar-refractivity contribution in [1.82, 2.24) is 4.90 Å². The number of nitrogens with zero attached hydrogens (tertiary/aromatic N) is 1. The van der Waals surface area contributed by atoms with Crippen LogP contribution in [0.15, 0.2) is 43.1 Å². The number of carbonyl (C=O) groups is 1. The van der Waals surface area contributed by atoms with Crippen molar-refractivity contribution < 1.29 is 4.79 Å². The van der Waals surface area contributed by atoms with Crippen molar-refractivity contribution >= 4 is 5.91 Å². The highest BCUT2D eigenvalue weighted by Crippen LogP contribution is 2.59. The lowest BCUT2D eigenvalue weighted by Crippen LogP contribution is -2.29. The van der Waals surface area contributed by atoms with Gasteiger partial charge in [0.05, 0.1) is 0 Å². The van der Waals surface area contributed by atoms with Crippen LogP contribution >= 0.6 is 0 Å². The van der Waals surface area contributed by atoms with Crippen LogP contribution < -0.4 is 0 Å². The van der Waals surface area contributed by atoms with Gasteiger partial charge < -0.3 is 4.90 Å². The Hall–Kier alpha value is -1.57. The third-order valence-corrected chi connectivity index (χ3v) is 3.71. The second-order valence-corrected chi connectivity index (χ2v) is 5.15. The van der Waals surface area contributed by atoms with Crippen LogP contribution in [0.1, 0.15) is 31.7 Å². The molecule has 1 aliphatic rings. The first-order chi connectivity index (χ1) is 8.07. The summed E-state index contributed by atoms with van der Waals surface area (Å²) >= 11 is 0. The average molecular weight is 229 g/mol. The molecule has 0 heterocycles. The van der Waals surface area contributed by atoms with Crippen molar-refractivity contribution in [2.75, 3.05) is 6.54 Å². The highest BCUT2D eigenvalue weighted by molar-refractivity contribution is 5.74. The maximum absolute atomic E-state index is 11.4. The molecule has 0 saturated heterocycles. The number of carbonyl (C=O) groups excluding carboxylic acids is 1. The first-order valence-corrected chi connectivity index (χ1v) is 6.01. The van der Waals surface area contributed by atoms with Crippen molar-refractivity contribution in [3.8, 4) is 0 Å². The Bertz CT molecular complexity index is 426. The Balaban J connectivity index is 2.05. The topological polar surface area (TPSA) is 20.3 Å². The van der Waals surface area contributed by atoms with Gasteiger partial charge in [0.15, 0.2) is 0 Å². The van der Waals surface area contributed by atoms with Gasteiger partial charge in [-0.15, -0.1) is 0 Å². The van der Waals surface area contributed by atoms with Gasteiger partial charge in [0.25, 0.3) is 0 Å². The van der Waals surface area contributed by atoms with E-state index in [2.05, 4.69) is 37.8 Å². The molecule has 2 unspecified atom stereocenters. The minimum atomic E-state index is 0.0694. The first kappa shape index (κ1) is 11.9. The van der Waals surface area contributed by atoms with E-state index in [0.717, 1.165) is 13.0 Å². The second-order valence-electron chi connectivity index (χ2n) is 5.15. The molecule has 0 spiro atoms. The molecule has 0 radical (unpaired) electrons. The van der Waals surface area contributed by atoms with Crippen LogP contribution in [-0.4, -0.2) is 17.4 Å². The molecule has 1 aromatic carbocycles. The van der Waals surface area contributed by atoms with Gasteiger partial charge >= 0.3 is 0 Å². The van der Waals surface area contributed by atoms with Gasteiger partial charge in [0, 0.05) is 13.5 Å². The summed E-state index contributed by atoms with van der Waals surface area (Å²) in [7, 11) is 0. The van der Waals surface area contributed by atoms with Gasteiger partial charge in [0.1, 0.15) is 0 Å². The molecule has 17 heavy (non-hydrogen) atoms. The van der Waals surface area contributed by atoms with E-state index < -0.39 is 0 Å². The van der Waals surface area contributed by atoms with Gasteiger partial charge in [-0.3, -0.25) is 4.79 Å². The fourth-order valence-corrected chi connectivity index (χ4v) is 2.48. The molecule has 2 rings (SSSR count). The fourth-order valence-electron chi connectivity index (χ4n) is 2.48. The van der Waals surface area contributed by atoms with E-state index in [1.165, 1.54) is 5.56 Å². The summed E-state index contributed by atoms with van der Waals surface area (Å²) in [6, 6.07) is 10.5. The van der Waals surface area contributed by atoms with Crippen LogP contribution in [0.25, 0.3) is 0 Å². The van der Waals surface area contributed by atoms with E-state index in [4.69, 9.17) is 0 Å². The zero-order chi connectivity index (χ0) is 12.5. The van der Waals surface area contributed by atoms with Crippen LogP contribution in [0.2, 0.25) is 0 Å². The van der Waals surface area contributed by atoms with E-state index in [1.54, 1.807) is 18.0 Å². The van der Waals surface area contributed by atoms with Crippen LogP contribution in [0.5, 0.6) is 0 Å². The summed E-state index contributed by atoms with van der Waals surface area (Å²) in [5, 5.41) is 0. The van der Waals surface area contributed by atoms with E-state index >= 15 is 0 Å². The highest BCUT2D eigenvalue weighted by Gasteiger charge is 2.51. The maximum Gasteiger partial charge on any atom is 0.223 e. The Morgan fingerprint density at radius 3 is 2.71 bits per heavy atom. The largest absolute Gasteiger partial charge is 0.319 e. The van der Waals surface area contributed by atoms with Gasteiger partial charge in [-0.05, 0) is 29.5 Å². The number of hydrogen-bond acceptors (Lipinski definition) is 1. The molecule has 2 heteroatoms. The highest BCUT2D eigenvalue weighted by atomic mass is 16.2. The van der Waals surface area contributed by atoms with Crippen molar-refractivity contribution in [3.05, 3.63) is 48.7 Å². The number of rotatable bonds is 4. The molecule has 0 aromatic heterocycles. The third kappa shape index (κ3) is 2.41. The van der Waals surface area contributed by atoms with E-state index in [9.17, 15) is 4.79 Å². The molecule has 0 aliphatic heterocycles. The third-order valence-electron chi connectivity index (χ3n) is 3.71. The summed E-state index contributed by atoms with van der Waals surface area (Å²) in [5.41, 5.74) is 1.59. The normalized spacial score (nSPS) is 26.4. The lowest BCUT2D eigenvalue weighted by atomic mass is 10.0. The molecule has 0 bridgehead atoms. The van der Waals surface area contributed by atoms with Crippen molar-refractivity contribution in [3.63, 3.8) is 0 Å². The number of benzene rings is 1. The van der Waals surface area contributed by atoms with Gasteiger partial charge in [-0.1, -0.05) is 43.8 Å². The van der Waals surface area contributed by atoms with Gasteiger partial charge in [-0.2, -0.15) is 0 Å². The van der Waals surface area contributed by atoms with Crippen LogP contribution in [0.3, 0.4) is 0 Å². The Morgan fingerprint density at radius 2 is 2.18 bits per heavy atom. The molecular formula is C15H19NO. The molecule has 1 aromatic rings. The molecule has 90 valence electrons. The Kier molecular flexibility index (Phi) is 3.05. The molecule has 2 nitrogen and oxygen atoms in total. The molecular weight excluding hydrogens is 210 g/mol. The number of hydrogen-bond donors (Lipinski definition) is 0. The molecule has 0 N–H and O–H groups in total. The Morgan fingerprint density at radius 1 is 1.53 bits per heavy atom. The van der Waals surface area contributed by atoms with Crippen molar-refractivity contribution in [1.29, 1.82) is 0 Å². The SMILES string of the molecule is C=CN(CC1(C)CC1c1ccccc1)C(C)=O. The minimum absolute atomic E-state index is 0.0694. The standard InChI is InChI=1S/C15H19NO/c1-4-16(12(2)17)11-15(3)10-14(15)13-8-6-5-7-9-13/h4-9,14H,1,10-11H2,2-3H3. The van der Waals surface area contributed by atoms with E-state index in [1.807, 2.05) is 6.07 Å². The average Bonchev–Trinajstić information content (AvgIpc) is 3.00. The summed E-state index contributed by atoms with van der Waals surface area (Å²) in [5.74, 6) is 0.644. The maximum atomic E-state index is 11.4. The number of amides is 1. The predicted molar refractivity (Wildman–Crippen MR) is 69.5 cm³/mol. The molecule has 1 amide bonds. The molecule has 1 fully saturated rings. The van der Waals surface area contributed by atoms with E-state index in [0.29, 0.717) is 5.92 Å². The lowest BCUT2D eigenvalue weighted by molar-refractivity contribution is -0.126. The van der Waals surface area contributed by atoms with Crippen molar-refractivity contribution in [2.45, 2.75) is 26.2 Å². The quantitative estimate of drug-likeness (QED) is 0.776. The van der Waals surface area contributed by atoms with Gasteiger partial charge in [0.2, 0.25) is 5.91 Å². The molecule has 2 atom stereocenters. The summed E-state index contributed by atoms with van der Waals surface area (Å²) in [6.45, 7) is 8.29. The fraction of sp³-hybridized carbons (Fsp3) is 0.400.